The molecule has 1 heterocycles. The van der Waals surface area contributed by atoms with Crippen molar-refractivity contribution in [1.29, 1.82) is 0 Å². The van der Waals surface area contributed by atoms with Gasteiger partial charge in [0.25, 0.3) is 0 Å². The van der Waals surface area contributed by atoms with Crippen molar-refractivity contribution >= 4 is 23.2 Å². The molecule has 0 unspecified atom stereocenters. The molecule has 6 nitrogen and oxygen atoms in total. The van der Waals surface area contributed by atoms with Gasteiger partial charge in [0.1, 0.15) is 30.2 Å². The van der Waals surface area contributed by atoms with Crippen LogP contribution in [0.5, 0.6) is 5.75 Å². The van der Waals surface area contributed by atoms with E-state index in [1.807, 2.05) is 0 Å². The molecule has 1 aliphatic rings. The fourth-order valence-corrected chi connectivity index (χ4v) is 2.31. The lowest BCUT2D eigenvalue weighted by molar-refractivity contribution is -0.277. The van der Waals surface area contributed by atoms with Gasteiger partial charge in [0, 0.05) is 5.02 Å². The Labute approximate surface area is 125 Å². The predicted octanol–water partition coefficient (Wildman–Crippen LogP) is 0.172. The summed E-state index contributed by atoms with van der Waals surface area (Å²) in [6.45, 7) is -0.529. The molecule has 0 aliphatic carbocycles. The number of ether oxygens (including phenoxy) is 2. The third-order valence-corrected chi connectivity index (χ3v) is 3.52. The zero-order valence-electron chi connectivity index (χ0n) is 10.2. The zero-order valence-corrected chi connectivity index (χ0v) is 11.7. The second-order valence-electron chi connectivity index (χ2n) is 4.39. The first kappa shape index (κ1) is 15.8. The van der Waals surface area contributed by atoms with Crippen LogP contribution in [-0.4, -0.2) is 57.7 Å². The number of aliphatic hydroxyl groups is 4. The Balaban J connectivity index is 2.15. The minimum absolute atomic E-state index is 0.195. The van der Waals surface area contributed by atoms with E-state index in [1.54, 1.807) is 0 Å². The van der Waals surface area contributed by atoms with Crippen LogP contribution in [0.1, 0.15) is 0 Å². The molecule has 1 aromatic carbocycles. The Kier molecular flexibility index (Phi) is 5.09. The van der Waals surface area contributed by atoms with E-state index >= 15 is 0 Å². The molecule has 1 aromatic rings. The van der Waals surface area contributed by atoms with Gasteiger partial charge in [-0.3, -0.25) is 0 Å². The number of benzene rings is 1. The first-order valence-electron chi connectivity index (χ1n) is 5.86. The molecule has 1 saturated heterocycles. The fourth-order valence-electron chi connectivity index (χ4n) is 1.86. The maximum Gasteiger partial charge on any atom is 0.229 e. The fraction of sp³-hybridized carbons (Fsp3) is 0.500. The first-order chi connectivity index (χ1) is 9.43. The molecule has 0 radical (unpaired) electrons. The molecule has 8 heteroatoms. The average Bonchev–Trinajstić information content (AvgIpc) is 2.42. The molecule has 0 spiro atoms. The van der Waals surface area contributed by atoms with Crippen LogP contribution >= 0.6 is 23.2 Å². The summed E-state index contributed by atoms with van der Waals surface area (Å²) in [6.07, 6.45) is -6.74. The average molecular weight is 325 g/mol. The third-order valence-electron chi connectivity index (χ3n) is 2.99. The van der Waals surface area contributed by atoms with Gasteiger partial charge in [-0.2, -0.15) is 0 Å². The monoisotopic (exact) mass is 324 g/mol. The van der Waals surface area contributed by atoms with E-state index in [0.29, 0.717) is 5.02 Å². The maximum atomic E-state index is 9.82. The Hall–Kier alpha value is -0.600. The smallest absolute Gasteiger partial charge is 0.229 e. The predicted molar refractivity (Wildman–Crippen MR) is 70.9 cm³/mol. The van der Waals surface area contributed by atoms with E-state index in [4.69, 9.17) is 37.8 Å². The van der Waals surface area contributed by atoms with Gasteiger partial charge < -0.3 is 29.9 Å². The Morgan fingerprint density at radius 3 is 2.40 bits per heavy atom. The van der Waals surface area contributed by atoms with Crippen molar-refractivity contribution in [1.82, 2.24) is 0 Å². The third kappa shape index (κ3) is 3.17. The summed E-state index contributed by atoms with van der Waals surface area (Å²) in [5.74, 6) is 0.195. The number of rotatable bonds is 3. The maximum absolute atomic E-state index is 9.82. The standard InChI is InChI=1S/C12H14Cl2O6/c13-5-1-2-7(6(14)3-5)19-12-11(18)10(17)9(16)8(4-15)20-12/h1-3,8-12,15-18H,4H2/t8-,9+,10+,11+,12-/m0/s1. The van der Waals surface area contributed by atoms with Crippen molar-refractivity contribution in [3.63, 3.8) is 0 Å². The summed E-state index contributed by atoms with van der Waals surface area (Å²) < 4.78 is 10.6. The molecular formula is C12H14Cl2O6. The van der Waals surface area contributed by atoms with Gasteiger partial charge in [-0.1, -0.05) is 23.2 Å². The minimum atomic E-state index is -1.50. The van der Waals surface area contributed by atoms with E-state index in [1.165, 1.54) is 18.2 Å². The van der Waals surface area contributed by atoms with Crippen LogP contribution in [0.15, 0.2) is 18.2 Å². The van der Waals surface area contributed by atoms with Crippen LogP contribution in [0.3, 0.4) is 0 Å². The molecular weight excluding hydrogens is 311 g/mol. The van der Waals surface area contributed by atoms with Gasteiger partial charge >= 0.3 is 0 Å². The highest BCUT2D eigenvalue weighted by Gasteiger charge is 2.44. The lowest BCUT2D eigenvalue weighted by Crippen LogP contribution is -2.60. The topological polar surface area (TPSA) is 99.4 Å². The lowest BCUT2D eigenvalue weighted by atomic mass is 9.99. The van der Waals surface area contributed by atoms with E-state index in [2.05, 4.69) is 0 Å². The lowest BCUT2D eigenvalue weighted by Gasteiger charge is -2.39. The van der Waals surface area contributed by atoms with Gasteiger partial charge in [0.05, 0.1) is 11.6 Å². The molecule has 5 atom stereocenters. The van der Waals surface area contributed by atoms with Crippen LogP contribution in [0.4, 0.5) is 0 Å². The van der Waals surface area contributed by atoms with Crippen molar-refractivity contribution in [2.75, 3.05) is 6.61 Å². The van der Waals surface area contributed by atoms with Gasteiger partial charge in [-0.05, 0) is 18.2 Å². The van der Waals surface area contributed by atoms with Crippen molar-refractivity contribution in [3.8, 4) is 5.75 Å². The van der Waals surface area contributed by atoms with Crippen LogP contribution < -0.4 is 4.74 Å². The van der Waals surface area contributed by atoms with Crippen molar-refractivity contribution in [3.05, 3.63) is 28.2 Å². The summed E-state index contributed by atoms with van der Waals surface area (Å²) in [5.41, 5.74) is 0. The molecule has 2 rings (SSSR count). The van der Waals surface area contributed by atoms with Crippen molar-refractivity contribution < 1.29 is 29.9 Å². The van der Waals surface area contributed by atoms with Crippen molar-refractivity contribution in [2.24, 2.45) is 0 Å². The van der Waals surface area contributed by atoms with E-state index in [-0.39, 0.29) is 10.8 Å². The van der Waals surface area contributed by atoms with Crippen molar-refractivity contribution in [2.45, 2.75) is 30.7 Å². The Morgan fingerprint density at radius 2 is 1.80 bits per heavy atom. The van der Waals surface area contributed by atoms with Crippen LogP contribution in [0.25, 0.3) is 0 Å². The Bertz CT molecular complexity index is 469. The van der Waals surface area contributed by atoms with Crippen LogP contribution in [-0.2, 0) is 4.74 Å². The highest BCUT2D eigenvalue weighted by Crippen LogP contribution is 2.31. The summed E-state index contributed by atoms with van der Waals surface area (Å²) >= 11 is 11.7. The van der Waals surface area contributed by atoms with Gasteiger partial charge in [0.2, 0.25) is 6.29 Å². The van der Waals surface area contributed by atoms with E-state index < -0.39 is 37.3 Å². The molecule has 0 amide bonds. The SMILES string of the molecule is OC[C@@H]1O[C@H](Oc2ccc(Cl)cc2Cl)[C@H](O)[C@H](O)[C@@H]1O. The molecule has 0 saturated carbocycles. The Morgan fingerprint density at radius 1 is 1.10 bits per heavy atom. The van der Waals surface area contributed by atoms with Gasteiger partial charge in [-0.25, -0.2) is 0 Å². The van der Waals surface area contributed by atoms with Gasteiger partial charge in [-0.15, -0.1) is 0 Å². The number of aliphatic hydroxyl groups excluding tert-OH is 4. The normalized spacial score (nSPS) is 34.0. The quantitative estimate of drug-likeness (QED) is 0.632. The molecule has 4 N–H and O–H groups in total. The molecule has 0 bridgehead atoms. The first-order valence-corrected chi connectivity index (χ1v) is 6.62. The second kappa shape index (κ2) is 6.44. The molecule has 1 aliphatic heterocycles. The zero-order chi connectivity index (χ0) is 14.9. The van der Waals surface area contributed by atoms with Crippen LogP contribution in [0.2, 0.25) is 10.0 Å². The number of hydrogen-bond acceptors (Lipinski definition) is 6. The summed E-state index contributed by atoms with van der Waals surface area (Å²) in [5, 5.41) is 38.8. The molecule has 20 heavy (non-hydrogen) atoms. The molecule has 0 aromatic heterocycles. The summed E-state index contributed by atoms with van der Waals surface area (Å²) in [4.78, 5) is 0. The molecule has 112 valence electrons. The van der Waals surface area contributed by atoms with Crippen LogP contribution in [0, 0.1) is 0 Å². The van der Waals surface area contributed by atoms with Gasteiger partial charge in [0.15, 0.2) is 0 Å². The highest BCUT2D eigenvalue weighted by atomic mass is 35.5. The summed E-state index contributed by atoms with van der Waals surface area (Å²) in [6, 6.07) is 4.46. The minimum Gasteiger partial charge on any atom is -0.460 e. The van der Waals surface area contributed by atoms with E-state index in [0.717, 1.165) is 0 Å². The second-order valence-corrected chi connectivity index (χ2v) is 5.23. The number of halogens is 2. The summed E-state index contributed by atoms with van der Waals surface area (Å²) in [7, 11) is 0. The molecule has 1 fully saturated rings. The largest absolute Gasteiger partial charge is 0.460 e. The highest BCUT2D eigenvalue weighted by molar-refractivity contribution is 6.35. The van der Waals surface area contributed by atoms with E-state index in [9.17, 15) is 15.3 Å². The number of hydrogen-bond donors (Lipinski definition) is 4.